The van der Waals surface area contributed by atoms with Crippen LogP contribution in [-0.2, 0) is 16.4 Å². The lowest BCUT2D eigenvalue weighted by Gasteiger charge is -2.16. The van der Waals surface area contributed by atoms with Crippen LogP contribution in [0.2, 0.25) is 0 Å². The van der Waals surface area contributed by atoms with Crippen LogP contribution in [0.15, 0.2) is 47.4 Å². The predicted octanol–water partition coefficient (Wildman–Crippen LogP) is 1.65. The normalized spacial score (nSPS) is 12.6. The first-order valence-corrected chi connectivity index (χ1v) is 9.70. The van der Waals surface area contributed by atoms with Gasteiger partial charge in [-0.05, 0) is 43.2 Å². The summed E-state index contributed by atoms with van der Waals surface area (Å²) in [7, 11) is -2.45. The maximum atomic E-state index is 11.7. The van der Waals surface area contributed by atoms with E-state index in [1.165, 1.54) is 13.2 Å². The number of hydrogen-bond donors (Lipinski definition) is 3. The SMILES string of the molecule is COc1ccc(C[C@@H](C)NCCOc2ccccc2O)cc1S(N)(=O)=O. The summed E-state index contributed by atoms with van der Waals surface area (Å²) in [6.07, 6.45) is 0.614. The van der Waals surface area contributed by atoms with Gasteiger partial charge in [0.25, 0.3) is 0 Å². The topological polar surface area (TPSA) is 111 Å². The molecule has 0 spiro atoms. The van der Waals surface area contributed by atoms with Gasteiger partial charge in [-0.1, -0.05) is 18.2 Å². The summed E-state index contributed by atoms with van der Waals surface area (Å²) in [5.41, 5.74) is 0.830. The molecule has 2 aromatic carbocycles. The number of benzene rings is 2. The minimum atomic E-state index is -3.85. The number of methoxy groups -OCH3 is 1. The van der Waals surface area contributed by atoms with Crippen molar-refractivity contribution in [3.05, 3.63) is 48.0 Å². The zero-order chi connectivity index (χ0) is 19.2. The van der Waals surface area contributed by atoms with Crippen LogP contribution in [-0.4, -0.2) is 39.8 Å². The van der Waals surface area contributed by atoms with E-state index in [2.05, 4.69) is 5.32 Å². The van der Waals surface area contributed by atoms with E-state index in [1.54, 1.807) is 30.3 Å². The van der Waals surface area contributed by atoms with Gasteiger partial charge in [0.2, 0.25) is 10.0 Å². The molecule has 0 unspecified atom stereocenters. The van der Waals surface area contributed by atoms with E-state index >= 15 is 0 Å². The smallest absolute Gasteiger partial charge is 0.241 e. The lowest BCUT2D eigenvalue weighted by Crippen LogP contribution is -2.31. The zero-order valence-corrected chi connectivity index (χ0v) is 15.6. The molecule has 0 saturated carbocycles. The van der Waals surface area contributed by atoms with Crippen molar-refractivity contribution in [3.8, 4) is 17.2 Å². The molecule has 2 aromatic rings. The van der Waals surface area contributed by atoms with Crippen LogP contribution in [0.5, 0.6) is 17.2 Å². The quantitative estimate of drug-likeness (QED) is 0.571. The molecule has 0 radical (unpaired) electrons. The molecule has 0 bridgehead atoms. The molecule has 1 atom stereocenters. The van der Waals surface area contributed by atoms with Gasteiger partial charge in [-0.3, -0.25) is 0 Å². The van der Waals surface area contributed by atoms with Gasteiger partial charge in [0.15, 0.2) is 11.5 Å². The second kappa shape index (κ2) is 8.88. The molecule has 142 valence electrons. The van der Waals surface area contributed by atoms with Crippen LogP contribution in [0.1, 0.15) is 12.5 Å². The first-order valence-electron chi connectivity index (χ1n) is 8.15. The summed E-state index contributed by atoms with van der Waals surface area (Å²) in [6.45, 7) is 2.96. The lowest BCUT2D eigenvalue weighted by atomic mass is 10.1. The Balaban J connectivity index is 1.88. The van der Waals surface area contributed by atoms with Crippen LogP contribution in [0.25, 0.3) is 0 Å². The number of hydrogen-bond acceptors (Lipinski definition) is 6. The summed E-state index contributed by atoms with van der Waals surface area (Å²) >= 11 is 0. The third-order valence-electron chi connectivity index (χ3n) is 3.79. The fraction of sp³-hybridized carbons (Fsp3) is 0.333. The third kappa shape index (κ3) is 5.62. The van der Waals surface area contributed by atoms with Crippen molar-refractivity contribution >= 4 is 10.0 Å². The number of phenols is 1. The second-order valence-corrected chi connectivity index (χ2v) is 7.44. The number of aromatic hydroxyl groups is 1. The number of phenolic OH excluding ortho intramolecular Hbond substituents is 1. The van der Waals surface area contributed by atoms with Crippen molar-refractivity contribution < 1.29 is 23.0 Å². The average Bonchev–Trinajstić information content (AvgIpc) is 2.59. The Morgan fingerprint density at radius 1 is 1.19 bits per heavy atom. The standard InChI is InChI=1S/C18H24N2O5S/c1-13(20-9-10-25-16-6-4-3-5-15(16)21)11-14-7-8-17(24-2)18(12-14)26(19,22)23/h3-8,12-13,20-21H,9-11H2,1-2H3,(H2,19,22,23)/t13-/m1/s1. The molecule has 2 rings (SSSR count). The van der Waals surface area contributed by atoms with Crippen molar-refractivity contribution in [2.45, 2.75) is 24.3 Å². The Morgan fingerprint density at radius 2 is 1.92 bits per heavy atom. The summed E-state index contributed by atoms with van der Waals surface area (Å²) in [5, 5.41) is 18.2. The summed E-state index contributed by atoms with van der Waals surface area (Å²) in [6, 6.07) is 11.8. The Hall–Kier alpha value is -2.29. The van der Waals surface area contributed by atoms with E-state index in [9.17, 15) is 13.5 Å². The molecule has 4 N–H and O–H groups in total. The van der Waals surface area contributed by atoms with Gasteiger partial charge in [0.05, 0.1) is 7.11 Å². The van der Waals surface area contributed by atoms with E-state index in [1.807, 2.05) is 13.0 Å². The minimum Gasteiger partial charge on any atom is -0.504 e. The van der Waals surface area contributed by atoms with E-state index in [4.69, 9.17) is 14.6 Å². The van der Waals surface area contributed by atoms with Gasteiger partial charge in [0, 0.05) is 12.6 Å². The number of para-hydroxylation sites is 2. The van der Waals surface area contributed by atoms with E-state index in [0.29, 0.717) is 25.3 Å². The van der Waals surface area contributed by atoms with Crippen LogP contribution >= 0.6 is 0 Å². The summed E-state index contributed by atoms with van der Waals surface area (Å²) < 4.78 is 33.9. The van der Waals surface area contributed by atoms with Crippen molar-refractivity contribution in [1.82, 2.24) is 5.32 Å². The monoisotopic (exact) mass is 380 g/mol. The second-order valence-electron chi connectivity index (χ2n) is 5.91. The molecule has 0 amide bonds. The van der Waals surface area contributed by atoms with Crippen LogP contribution in [0.4, 0.5) is 0 Å². The largest absolute Gasteiger partial charge is 0.504 e. The molecule has 0 saturated heterocycles. The van der Waals surface area contributed by atoms with Gasteiger partial charge in [0.1, 0.15) is 17.3 Å². The number of sulfonamides is 1. The molecule has 7 nitrogen and oxygen atoms in total. The maximum absolute atomic E-state index is 11.7. The molecule has 0 aliphatic rings. The molecule has 0 heterocycles. The van der Waals surface area contributed by atoms with Crippen molar-refractivity contribution in [3.63, 3.8) is 0 Å². The van der Waals surface area contributed by atoms with E-state index in [0.717, 1.165) is 5.56 Å². The van der Waals surface area contributed by atoms with Crippen LogP contribution in [0.3, 0.4) is 0 Å². The molecular formula is C18H24N2O5S. The summed E-state index contributed by atoms with van der Waals surface area (Å²) in [5.74, 6) is 0.775. The molecular weight excluding hydrogens is 356 g/mol. The molecule has 26 heavy (non-hydrogen) atoms. The Morgan fingerprint density at radius 3 is 2.58 bits per heavy atom. The Labute approximate surface area is 153 Å². The Bertz CT molecular complexity index is 839. The number of ether oxygens (including phenoxy) is 2. The van der Waals surface area contributed by atoms with Crippen LogP contribution in [0, 0.1) is 0 Å². The highest BCUT2D eigenvalue weighted by molar-refractivity contribution is 7.89. The van der Waals surface area contributed by atoms with E-state index in [-0.39, 0.29) is 22.4 Å². The average molecular weight is 380 g/mol. The molecule has 0 fully saturated rings. The number of nitrogens with one attached hydrogen (secondary N) is 1. The molecule has 0 aliphatic carbocycles. The van der Waals surface area contributed by atoms with Crippen molar-refractivity contribution in [2.24, 2.45) is 5.14 Å². The predicted molar refractivity (Wildman–Crippen MR) is 99.1 cm³/mol. The molecule has 8 heteroatoms. The fourth-order valence-electron chi connectivity index (χ4n) is 2.54. The highest BCUT2D eigenvalue weighted by Crippen LogP contribution is 2.25. The zero-order valence-electron chi connectivity index (χ0n) is 14.8. The van der Waals surface area contributed by atoms with Gasteiger partial charge < -0.3 is 19.9 Å². The lowest BCUT2D eigenvalue weighted by molar-refractivity contribution is 0.291. The maximum Gasteiger partial charge on any atom is 0.241 e. The number of rotatable bonds is 9. The van der Waals surface area contributed by atoms with Gasteiger partial charge >= 0.3 is 0 Å². The highest BCUT2D eigenvalue weighted by Gasteiger charge is 2.16. The van der Waals surface area contributed by atoms with Gasteiger partial charge in [-0.25, -0.2) is 13.6 Å². The number of primary sulfonamides is 1. The summed E-state index contributed by atoms with van der Waals surface area (Å²) in [4.78, 5) is -0.0208. The van der Waals surface area contributed by atoms with Crippen molar-refractivity contribution in [2.75, 3.05) is 20.3 Å². The van der Waals surface area contributed by atoms with Gasteiger partial charge in [-0.2, -0.15) is 0 Å². The van der Waals surface area contributed by atoms with Gasteiger partial charge in [-0.15, -0.1) is 0 Å². The van der Waals surface area contributed by atoms with Crippen LogP contribution < -0.4 is 19.9 Å². The first kappa shape index (κ1) is 20.0. The first-order chi connectivity index (χ1) is 12.3. The van der Waals surface area contributed by atoms with Crippen molar-refractivity contribution in [1.29, 1.82) is 0 Å². The Kier molecular flexibility index (Phi) is 6.84. The highest BCUT2D eigenvalue weighted by atomic mass is 32.2. The molecule has 0 aromatic heterocycles. The third-order valence-corrected chi connectivity index (χ3v) is 4.73. The number of nitrogens with two attached hydrogens (primary N) is 1. The minimum absolute atomic E-state index is 0.0208. The van der Waals surface area contributed by atoms with E-state index < -0.39 is 10.0 Å². The molecule has 0 aliphatic heterocycles. The fourth-order valence-corrected chi connectivity index (χ4v) is 3.29.